The van der Waals surface area contributed by atoms with Gasteiger partial charge in [0.2, 0.25) is 11.8 Å². The van der Waals surface area contributed by atoms with Gasteiger partial charge in [0.1, 0.15) is 6.04 Å². The van der Waals surface area contributed by atoms with Crippen molar-refractivity contribution in [3.63, 3.8) is 0 Å². The highest BCUT2D eigenvalue weighted by molar-refractivity contribution is 5.83. The van der Waals surface area contributed by atoms with Crippen LogP contribution in [0.2, 0.25) is 0 Å². The molecule has 1 atom stereocenters. The Morgan fingerprint density at radius 2 is 2.08 bits per heavy atom. The zero-order chi connectivity index (χ0) is 18.8. The number of fused-ring (bicyclic) bond motifs is 1. The standard InChI is InChI=1S/C18H24N4O4/c1-12-4-5-15-13(10-12)22(18(25)26-15)7-6-16(23)21-9-8-20(3)14(11-21)17(24)19-2/h4-5,10,14H,6-9,11H2,1-3H3,(H,19,24)/t14-/m0/s1. The lowest BCUT2D eigenvalue weighted by Gasteiger charge is -2.38. The predicted octanol–water partition coefficient (Wildman–Crippen LogP) is 0.182. The summed E-state index contributed by atoms with van der Waals surface area (Å²) in [5.41, 5.74) is 2.24. The minimum atomic E-state index is -0.458. The van der Waals surface area contributed by atoms with Crippen LogP contribution < -0.4 is 11.1 Å². The molecule has 1 aliphatic rings. The summed E-state index contributed by atoms with van der Waals surface area (Å²) in [7, 11) is 3.47. The van der Waals surface area contributed by atoms with E-state index in [9.17, 15) is 14.4 Å². The van der Waals surface area contributed by atoms with Crippen LogP contribution in [0.5, 0.6) is 0 Å². The summed E-state index contributed by atoms with van der Waals surface area (Å²) in [5, 5.41) is 2.64. The summed E-state index contributed by atoms with van der Waals surface area (Å²) in [4.78, 5) is 40.3. The molecule has 2 amide bonds. The van der Waals surface area contributed by atoms with Crippen molar-refractivity contribution in [1.82, 2.24) is 19.7 Å². The summed E-state index contributed by atoms with van der Waals surface area (Å²) < 4.78 is 6.72. The number of piperazine rings is 1. The van der Waals surface area contributed by atoms with Crippen LogP contribution in [0, 0.1) is 6.92 Å². The van der Waals surface area contributed by atoms with Crippen LogP contribution in [-0.2, 0) is 16.1 Å². The van der Waals surface area contributed by atoms with Crippen LogP contribution in [-0.4, -0.2) is 66.0 Å². The van der Waals surface area contributed by atoms with E-state index in [4.69, 9.17) is 4.42 Å². The number of amides is 2. The SMILES string of the molecule is CNC(=O)[C@@H]1CN(C(=O)CCn2c(=O)oc3ccc(C)cc32)CCN1C. The van der Waals surface area contributed by atoms with Gasteiger partial charge in [0.05, 0.1) is 5.52 Å². The number of hydrogen-bond acceptors (Lipinski definition) is 5. The largest absolute Gasteiger partial charge is 0.419 e. The van der Waals surface area contributed by atoms with Crippen LogP contribution in [0.15, 0.2) is 27.4 Å². The molecule has 1 saturated heterocycles. The molecule has 3 rings (SSSR count). The minimum Gasteiger partial charge on any atom is -0.408 e. The summed E-state index contributed by atoms with van der Waals surface area (Å²) in [5.74, 6) is -0.626. The number of carbonyl (C=O) groups excluding carboxylic acids is 2. The average Bonchev–Trinajstić information content (AvgIpc) is 2.94. The Hall–Kier alpha value is -2.61. The number of oxazole rings is 1. The first kappa shape index (κ1) is 18.2. The fraction of sp³-hybridized carbons (Fsp3) is 0.500. The Morgan fingerprint density at radius 1 is 1.31 bits per heavy atom. The van der Waals surface area contributed by atoms with E-state index in [1.807, 2.05) is 31.0 Å². The molecule has 0 radical (unpaired) electrons. The maximum atomic E-state index is 12.6. The third kappa shape index (κ3) is 3.50. The van der Waals surface area contributed by atoms with Gasteiger partial charge in [-0.05, 0) is 31.7 Å². The summed E-state index contributed by atoms with van der Waals surface area (Å²) >= 11 is 0. The van der Waals surface area contributed by atoms with Gasteiger partial charge in [-0.25, -0.2) is 4.79 Å². The molecule has 0 bridgehead atoms. The summed E-state index contributed by atoms with van der Waals surface area (Å²) in [6.45, 7) is 3.76. The molecule has 1 aromatic carbocycles. The van der Waals surface area contributed by atoms with E-state index in [2.05, 4.69) is 5.32 Å². The lowest BCUT2D eigenvalue weighted by molar-refractivity contribution is -0.137. The first-order valence-electron chi connectivity index (χ1n) is 8.70. The Balaban J connectivity index is 1.69. The molecule has 0 spiro atoms. The fourth-order valence-corrected chi connectivity index (χ4v) is 3.30. The van der Waals surface area contributed by atoms with Crippen LogP contribution in [0.25, 0.3) is 11.1 Å². The van der Waals surface area contributed by atoms with Crippen LogP contribution in [0.1, 0.15) is 12.0 Å². The molecule has 140 valence electrons. The number of aryl methyl sites for hydroxylation is 2. The van der Waals surface area contributed by atoms with Crippen molar-refractivity contribution in [3.8, 4) is 0 Å². The zero-order valence-electron chi connectivity index (χ0n) is 15.3. The number of rotatable bonds is 4. The molecule has 2 aromatic rings. The zero-order valence-corrected chi connectivity index (χ0v) is 15.3. The van der Waals surface area contributed by atoms with E-state index >= 15 is 0 Å². The highest BCUT2D eigenvalue weighted by Gasteiger charge is 2.31. The number of nitrogens with one attached hydrogen (secondary N) is 1. The number of aromatic nitrogens is 1. The molecule has 26 heavy (non-hydrogen) atoms. The Labute approximate surface area is 151 Å². The molecule has 1 N–H and O–H groups in total. The minimum absolute atomic E-state index is 0.0686. The van der Waals surface area contributed by atoms with E-state index in [0.29, 0.717) is 30.7 Å². The van der Waals surface area contributed by atoms with Crippen LogP contribution in [0.4, 0.5) is 0 Å². The third-order valence-corrected chi connectivity index (χ3v) is 4.92. The molecular weight excluding hydrogens is 336 g/mol. The monoisotopic (exact) mass is 360 g/mol. The Morgan fingerprint density at radius 3 is 2.81 bits per heavy atom. The van der Waals surface area contributed by atoms with Crippen molar-refractivity contribution in [3.05, 3.63) is 34.3 Å². The molecule has 2 heterocycles. The van der Waals surface area contributed by atoms with E-state index in [1.165, 1.54) is 4.57 Å². The number of nitrogens with zero attached hydrogens (tertiary/aromatic N) is 3. The quantitative estimate of drug-likeness (QED) is 0.841. The summed E-state index contributed by atoms with van der Waals surface area (Å²) in [6, 6.07) is 5.17. The second kappa shape index (κ2) is 7.33. The second-order valence-electron chi connectivity index (χ2n) is 6.69. The first-order chi connectivity index (χ1) is 12.4. The molecule has 1 aliphatic heterocycles. The van der Waals surface area contributed by atoms with Gasteiger partial charge in [-0.1, -0.05) is 6.07 Å². The summed E-state index contributed by atoms with van der Waals surface area (Å²) in [6.07, 6.45) is 0.187. The number of carbonyl (C=O) groups is 2. The Kier molecular flexibility index (Phi) is 5.13. The molecule has 0 unspecified atom stereocenters. The lowest BCUT2D eigenvalue weighted by Crippen LogP contribution is -2.58. The normalized spacial score (nSPS) is 18.3. The molecule has 0 saturated carbocycles. The van der Waals surface area contributed by atoms with Gasteiger partial charge in [-0.2, -0.15) is 0 Å². The van der Waals surface area contributed by atoms with Crippen molar-refractivity contribution in [2.45, 2.75) is 25.9 Å². The lowest BCUT2D eigenvalue weighted by atomic mass is 10.1. The maximum absolute atomic E-state index is 12.6. The van der Waals surface area contributed by atoms with Crippen LogP contribution >= 0.6 is 0 Å². The van der Waals surface area contributed by atoms with Crippen molar-refractivity contribution < 1.29 is 14.0 Å². The van der Waals surface area contributed by atoms with Gasteiger partial charge in [0.25, 0.3) is 0 Å². The van der Waals surface area contributed by atoms with Gasteiger partial charge in [0, 0.05) is 39.6 Å². The van der Waals surface area contributed by atoms with Gasteiger partial charge < -0.3 is 14.6 Å². The molecule has 8 nitrogen and oxygen atoms in total. The van der Waals surface area contributed by atoms with Crippen molar-refractivity contribution in [2.75, 3.05) is 33.7 Å². The first-order valence-corrected chi connectivity index (χ1v) is 8.70. The molecule has 0 aliphatic carbocycles. The Bertz CT molecular complexity index is 885. The molecule has 1 aromatic heterocycles. The molecule has 1 fully saturated rings. The number of benzene rings is 1. The highest BCUT2D eigenvalue weighted by Crippen LogP contribution is 2.16. The number of hydrogen-bond donors (Lipinski definition) is 1. The van der Waals surface area contributed by atoms with Crippen molar-refractivity contribution in [2.24, 2.45) is 0 Å². The van der Waals surface area contributed by atoms with Gasteiger partial charge >= 0.3 is 5.76 Å². The smallest absolute Gasteiger partial charge is 0.408 e. The van der Waals surface area contributed by atoms with E-state index in [-0.39, 0.29) is 30.8 Å². The van der Waals surface area contributed by atoms with E-state index in [1.54, 1.807) is 18.0 Å². The van der Waals surface area contributed by atoms with Gasteiger partial charge in [-0.3, -0.25) is 19.1 Å². The fourth-order valence-electron chi connectivity index (χ4n) is 3.30. The van der Waals surface area contributed by atoms with Crippen molar-refractivity contribution in [1.29, 1.82) is 0 Å². The van der Waals surface area contributed by atoms with E-state index < -0.39 is 5.76 Å². The van der Waals surface area contributed by atoms with Crippen LogP contribution in [0.3, 0.4) is 0 Å². The second-order valence-corrected chi connectivity index (χ2v) is 6.69. The maximum Gasteiger partial charge on any atom is 0.419 e. The van der Waals surface area contributed by atoms with Gasteiger partial charge in [-0.15, -0.1) is 0 Å². The average molecular weight is 360 g/mol. The predicted molar refractivity (Wildman–Crippen MR) is 96.9 cm³/mol. The highest BCUT2D eigenvalue weighted by atomic mass is 16.4. The van der Waals surface area contributed by atoms with Gasteiger partial charge in [0.15, 0.2) is 5.58 Å². The topological polar surface area (TPSA) is 87.8 Å². The molecular formula is C18H24N4O4. The number of likely N-dealkylation sites (N-methyl/N-ethyl adjacent to an activating group) is 2. The van der Waals surface area contributed by atoms with E-state index in [0.717, 1.165) is 5.56 Å². The third-order valence-electron chi connectivity index (χ3n) is 4.92. The molecule has 8 heteroatoms. The van der Waals surface area contributed by atoms with Crippen molar-refractivity contribution >= 4 is 22.9 Å².